The number of rotatable bonds is 2. The third-order valence-electron chi connectivity index (χ3n) is 4.72. The number of likely N-dealkylation sites (N-methyl/N-ethyl adjacent to an activating group) is 1. The van der Waals surface area contributed by atoms with Crippen molar-refractivity contribution >= 4 is 5.95 Å². The Hall–Kier alpha value is -1.20. The lowest BCUT2D eigenvalue weighted by atomic mass is 10.1. The van der Waals surface area contributed by atoms with Crippen LogP contribution >= 0.6 is 0 Å². The topological polar surface area (TPSA) is 58.3 Å². The summed E-state index contributed by atoms with van der Waals surface area (Å²) in [6.45, 7) is 4.64. The first-order valence-electron chi connectivity index (χ1n) is 7.18. The molecule has 2 aliphatic rings. The summed E-state index contributed by atoms with van der Waals surface area (Å²) in [7, 11) is 2.26. The molecule has 3 heterocycles. The Morgan fingerprint density at radius 1 is 1.32 bits per heavy atom. The first-order chi connectivity index (χ1) is 9.19. The molecule has 1 aromatic rings. The van der Waals surface area contributed by atoms with Crippen LogP contribution in [0.3, 0.4) is 0 Å². The Morgan fingerprint density at radius 3 is 2.84 bits per heavy atom. The summed E-state index contributed by atoms with van der Waals surface area (Å²) in [6, 6.07) is 1.41. The Labute approximate surface area is 114 Å². The first kappa shape index (κ1) is 12.8. The van der Waals surface area contributed by atoms with Gasteiger partial charge in [0.2, 0.25) is 5.95 Å². The predicted octanol–water partition coefficient (Wildman–Crippen LogP) is 0.917. The van der Waals surface area contributed by atoms with E-state index in [9.17, 15) is 0 Å². The van der Waals surface area contributed by atoms with Crippen LogP contribution in [0.25, 0.3) is 0 Å². The lowest BCUT2D eigenvalue weighted by Crippen LogP contribution is -2.37. The smallest absolute Gasteiger partial charge is 0.225 e. The van der Waals surface area contributed by atoms with Gasteiger partial charge in [-0.05, 0) is 33.2 Å². The van der Waals surface area contributed by atoms with Gasteiger partial charge >= 0.3 is 0 Å². The molecule has 0 aromatic carbocycles. The van der Waals surface area contributed by atoms with Crippen molar-refractivity contribution in [2.45, 2.75) is 44.8 Å². The maximum Gasteiger partial charge on any atom is 0.225 e. The molecule has 0 radical (unpaired) electrons. The van der Waals surface area contributed by atoms with E-state index < -0.39 is 0 Å². The fourth-order valence-electron chi connectivity index (χ4n) is 3.32. The van der Waals surface area contributed by atoms with Crippen LogP contribution in [-0.2, 0) is 6.54 Å². The van der Waals surface area contributed by atoms with Gasteiger partial charge in [-0.15, -0.1) is 0 Å². The number of anilines is 1. The van der Waals surface area contributed by atoms with Gasteiger partial charge in [-0.1, -0.05) is 0 Å². The lowest BCUT2D eigenvalue weighted by molar-refractivity contribution is 0.254. The molecule has 0 aliphatic carbocycles. The van der Waals surface area contributed by atoms with Crippen molar-refractivity contribution in [3.8, 4) is 0 Å². The zero-order valence-corrected chi connectivity index (χ0v) is 11.8. The summed E-state index contributed by atoms with van der Waals surface area (Å²) < 4.78 is 0. The maximum absolute atomic E-state index is 5.67. The van der Waals surface area contributed by atoms with Crippen molar-refractivity contribution in [2.75, 3.05) is 25.0 Å². The average molecular weight is 261 g/mol. The highest BCUT2D eigenvalue weighted by atomic mass is 15.3. The third kappa shape index (κ3) is 2.32. The highest BCUT2D eigenvalue weighted by molar-refractivity contribution is 5.34. The van der Waals surface area contributed by atoms with Gasteiger partial charge in [-0.3, -0.25) is 4.90 Å². The molecule has 2 aliphatic heterocycles. The molecule has 3 rings (SSSR count). The van der Waals surface area contributed by atoms with E-state index in [0.29, 0.717) is 12.6 Å². The van der Waals surface area contributed by atoms with E-state index in [-0.39, 0.29) is 0 Å². The number of hydrogen-bond acceptors (Lipinski definition) is 5. The van der Waals surface area contributed by atoms with Gasteiger partial charge in [-0.2, -0.15) is 0 Å². The second kappa shape index (κ2) is 5.06. The van der Waals surface area contributed by atoms with Crippen molar-refractivity contribution in [3.63, 3.8) is 0 Å². The summed E-state index contributed by atoms with van der Waals surface area (Å²) in [4.78, 5) is 14.0. The molecule has 5 heteroatoms. The van der Waals surface area contributed by atoms with Crippen LogP contribution in [0, 0.1) is 6.92 Å². The quantitative estimate of drug-likeness (QED) is 0.858. The SMILES string of the molecule is Cc1nc(N2CCC3CCC(C2)N3C)ncc1CN. The van der Waals surface area contributed by atoms with Crippen LogP contribution in [0.4, 0.5) is 5.95 Å². The number of aryl methyl sites for hydroxylation is 1. The summed E-state index contributed by atoms with van der Waals surface area (Å²) >= 11 is 0. The molecule has 2 saturated heterocycles. The minimum atomic E-state index is 0.513. The number of nitrogens with two attached hydrogens (primary N) is 1. The molecule has 19 heavy (non-hydrogen) atoms. The number of nitrogens with zero attached hydrogens (tertiary/aromatic N) is 4. The van der Waals surface area contributed by atoms with Gasteiger partial charge in [-0.25, -0.2) is 9.97 Å². The minimum absolute atomic E-state index is 0.513. The van der Waals surface area contributed by atoms with Crippen molar-refractivity contribution in [2.24, 2.45) is 5.73 Å². The van der Waals surface area contributed by atoms with Crippen molar-refractivity contribution in [1.29, 1.82) is 0 Å². The van der Waals surface area contributed by atoms with Gasteiger partial charge in [0.05, 0.1) is 0 Å². The van der Waals surface area contributed by atoms with Gasteiger partial charge in [0, 0.05) is 49.2 Å². The van der Waals surface area contributed by atoms with Crippen molar-refractivity contribution in [3.05, 3.63) is 17.5 Å². The largest absolute Gasteiger partial charge is 0.339 e. The standard InChI is InChI=1S/C14H23N5/c1-10-11(7-15)8-16-14(17-10)19-6-5-12-3-4-13(9-19)18(12)2/h8,12-13H,3-7,9,15H2,1-2H3. The monoisotopic (exact) mass is 261 g/mol. The number of hydrogen-bond donors (Lipinski definition) is 1. The molecular weight excluding hydrogens is 238 g/mol. The van der Waals surface area contributed by atoms with Crippen molar-refractivity contribution < 1.29 is 0 Å². The molecule has 0 saturated carbocycles. The molecule has 5 nitrogen and oxygen atoms in total. The Kier molecular flexibility index (Phi) is 3.41. The van der Waals surface area contributed by atoms with E-state index in [1.165, 1.54) is 19.3 Å². The van der Waals surface area contributed by atoms with Crippen LogP contribution in [-0.4, -0.2) is 47.1 Å². The van der Waals surface area contributed by atoms with Crippen LogP contribution in [0.15, 0.2) is 6.20 Å². The Morgan fingerprint density at radius 2 is 2.11 bits per heavy atom. The van der Waals surface area contributed by atoms with Crippen molar-refractivity contribution in [1.82, 2.24) is 14.9 Å². The average Bonchev–Trinajstić information content (AvgIpc) is 2.63. The predicted molar refractivity (Wildman–Crippen MR) is 76.1 cm³/mol. The molecule has 2 unspecified atom stereocenters. The number of aromatic nitrogens is 2. The van der Waals surface area contributed by atoms with Gasteiger partial charge in [0.15, 0.2) is 0 Å². The van der Waals surface area contributed by atoms with E-state index in [1.54, 1.807) is 0 Å². The zero-order valence-electron chi connectivity index (χ0n) is 11.8. The van der Waals surface area contributed by atoms with E-state index in [2.05, 4.69) is 26.8 Å². The molecule has 2 fully saturated rings. The summed E-state index contributed by atoms with van der Waals surface area (Å²) in [5.41, 5.74) is 7.72. The summed E-state index contributed by atoms with van der Waals surface area (Å²) in [5.74, 6) is 0.871. The highest BCUT2D eigenvalue weighted by Gasteiger charge is 2.35. The maximum atomic E-state index is 5.67. The molecular formula is C14H23N5. The van der Waals surface area contributed by atoms with E-state index in [1.807, 2.05) is 13.1 Å². The first-order valence-corrected chi connectivity index (χ1v) is 7.18. The van der Waals surface area contributed by atoms with E-state index >= 15 is 0 Å². The van der Waals surface area contributed by atoms with Crippen LogP contribution in [0.2, 0.25) is 0 Å². The van der Waals surface area contributed by atoms with E-state index in [0.717, 1.165) is 36.3 Å². The fraction of sp³-hybridized carbons (Fsp3) is 0.714. The van der Waals surface area contributed by atoms with Gasteiger partial charge in [0.1, 0.15) is 0 Å². The normalized spacial score (nSPS) is 27.6. The second-order valence-corrected chi connectivity index (χ2v) is 5.77. The molecule has 104 valence electrons. The van der Waals surface area contributed by atoms with E-state index in [4.69, 9.17) is 5.73 Å². The Balaban J connectivity index is 1.81. The lowest BCUT2D eigenvalue weighted by Gasteiger charge is -2.26. The van der Waals surface area contributed by atoms with Gasteiger partial charge < -0.3 is 10.6 Å². The molecule has 1 aromatic heterocycles. The molecule has 2 atom stereocenters. The zero-order chi connectivity index (χ0) is 13.4. The molecule has 2 bridgehead atoms. The molecule has 2 N–H and O–H groups in total. The highest BCUT2D eigenvalue weighted by Crippen LogP contribution is 2.29. The van der Waals surface area contributed by atoms with Crippen LogP contribution in [0.1, 0.15) is 30.5 Å². The molecule has 0 amide bonds. The summed E-state index contributed by atoms with van der Waals surface area (Å²) in [6.07, 6.45) is 5.75. The summed E-state index contributed by atoms with van der Waals surface area (Å²) in [5, 5.41) is 0. The fourth-order valence-corrected chi connectivity index (χ4v) is 3.32. The van der Waals surface area contributed by atoms with Crippen LogP contribution < -0.4 is 10.6 Å². The second-order valence-electron chi connectivity index (χ2n) is 5.77. The van der Waals surface area contributed by atoms with Crippen LogP contribution in [0.5, 0.6) is 0 Å². The van der Waals surface area contributed by atoms with Gasteiger partial charge in [0.25, 0.3) is 0 Å². The minimum Gasteiger partial charge on any atom is -0.339 e. The number of fused-ring (bicyclic) bond motifs is 2. The third-order valence-corrected chi connectivity index (χ3v) is 4.72. The molecule has 0 spiro atoms. The Bertz CT molecular complexity index is 461.